The predicted octanol–water partition coefficient (Wildman–Crippen LogP) is 2.07. The summed E-state index contributed by atoms with van der Waals surface area (Å²) in [4.78, 5) is 23.7. The molecule has 0 aliphatic heterocycles. The fourth-order valence-electron chi connectivity index (χ4n) is 1.99. The summed E-state index contributed by atoms with van der Waals surface area (Å²) in [6.07, 6.45) is -1.61. The number of carbonyl (C=O) groups excluding carboxylic acids is 2. The van der Waals surface area contributed by atoms with Crippen molar-refractivity contribution in [2.45, 2.75) is 58.4 Å². The summed E-state index contributed by atoms with van der Waals surface area (Å²) in [5.74, 6) is -0.962. The van der Waals surface area contributed by atoms with E-state index in [-0.39, 0.29) is 12.0 Å². The molecule has 0 aliphatic carbocycles. The molecule has 8 heteroatoms. The summed E-state index contributed by atoms with van der Waals surface area (Å²) in [5.41, 5.74) is 3.61. The molecule has 0 spiro atoms. The Morgan fingerprint density at radius 3 is 2.24 bits per heavy atom. The highest BCUT2D eigenvalue weighted by molar-refractivity contribution is 5.93. The summed E-state index contributed by atoms with van der Waals surface area (Å²) < 4.78 is 18.0. The van der Waals surface area contributed by atoms with Gasteiger partial charge in [-0.3, -0.25) is 10.2 Å². The predicted molar refractivity (Wildman–Crippen MR) is 91.1 cm³/mol. The Balaban J connectivity index is 2.46. The highest BCUT2D eigenvalue weighted by atomic mass is 19.1. The standard InChI is InChI=1S/C17H26FN3O4/c1-16(2,3)25-15(24)19-17(4,5)10-13(22)20-21-14(23)11-6-8-12(18)9-7-11/h6-9,13,20,22H,10H2,1-5H3,(H,19,24)(H,21,23). The lowest BCUT2D eigenvalue weighted by atomic mass is 10.00. The van der Waals surface area contributed by atoms with E-state index in [4.69, 9.17) is 4.74 Å². The number of hydrogen-bond donors (Lipinski definition) is 4. The summed E-state index contributed by atoms with van der Waals surface area (Å²) in [7, 11) is 0. The number of ether oxygens (including phenoxy) is 1. The second-order valence-corrected chi connectivity index (χ2v) is 7.34. The van der Waals surface area contributed by atoms with Crippen molar-refractivity contribution < 1.29 is 23.8 Å². The van der Waals surface area contributed by atoms with Gasteiger partial charge in [-0.25, -0.2) is 14.6 Å². The Labute approximate surface area is 146 Å². The number of aliphatic hydroxyl groups is 1. The van der Waals surface area contributed by atoms with Crippen LogP contribution in [0.15, 0.2) is 24.3 Å². The molecule has 1 rings (SSSR count). The Morgan fingerprint density at radius 1 is 1.16 bits per heavy atom. The Morgan fingerprint density at radius 2 is 1.72 bits per heavy atom. The van der Waals surface area contributed by atoms with Crippen LogP contribution in [0.25, 0.3) is 0 Å². The van der Waals surface area contributed by atoms with Gasteiger partial charge >= 0.3 is 6.09 Å². The average molecular weight is 355 g/mol. The SMILES string of the molecule is CC(C)(CC(O)NNC(=O)c1ccc(F)cc1)NC(=O)OC(C)(C)C. The maximum atomic E-state index is 12.8. The fourth-order valence-corrected chi connectivity index (χ4v) is 1.99. The van der Waals surface area contributed by atoms with E-state index in [2.05, 4.69) is 16.2 Å². The van der Waals surface area contributed by atoms with Crippen LogP contribution in [0.2, 0.25) is 0 Å². The monoisotopic (exact) mass is 355 g/mol. The van der Waals surface area contributed by atoms with Crippen molar-refractivity contribution in [1.82, 2.24) is 16.2 Å². The number of halogens is 1. The van der Waals surface area contributed by atoms with Crippen molar-refractivity contribution in [1.29, 1.82) is 0 Å². The van der Waals surface area contributed by atoms with Crippen molar-refractivity contribution in [3.05, 3.63) is 35.6 Å². The molecular formula is C17H26FN3O4. The van der Waals surface area contributed by atoms with Gasteiger partial charge < -0.3 is 15.2 Å². The summed E-state index contributed by atoms with van der Waals surface area (Å²) in [5, 5.41) is 12.6. The van der Waals surface area contributed by atoms with E-state index in [0.717, 1.165) is 0 Å². The molecular weight excluding hydrogens is 329 g/mol. The molecule has 1 unspecified atom stereocenters. The van der Waals surface area contributed by atoms with E-state index in [1.165, 1.54) is 24.3 Å². The highest BCUT2D eigenvalue weighted by Crippen LogP contribution is 2.13. The van der Waals surface area contributed by atoms with Crippen LogP contribution >= 0.6 is 0 Å². The summed E-state index contributed by atoms with van der Waals surface area (Å²) in [6, 6.07) is 4.98. The molecule has 0 saturated carbocycles. The topological polar surface area (TPSA) is 99.7 Å². The zero-order chi connectivity index (χ0) is 19.3. The van der Waals surface area contributed by atoms with Crippen LogP contribution in [0, 0.1) is 5.82 Å². The number of carbonyl (C=O) groups is 2. The third-order valence-electron chi connectivity index (χ3n) is 3.00. The molecule has 25 heavy (non-hydrogen) atoms. The second kappa shape index (κ2) is 8.26. The number of hydrogen-bond acceptors (Lipinski definition) is 5. The van der Waals surface area contributed by atoms with E-state index in [1.54, 1.807) is 34.6 Å². The lowest BCUT2D eigenvalue weighted by molar-refractivity contribution is 0.0385. The van der Waals surface area contributed by atoms with E-state index >= 15 is 0 Å². The largest absolute Gasteiger partial charge is 0.444 e. The molecule has 0 aliphatic rings. The maximum absolute atomic E-state index is 12.8. The molecule has 0 radical (unpaired) electrons. The van der Waals surface area contributed by atoms with E-state index in [1.807, 2.05) is 0 Å². The number of amides is 2. The molecule has 1 aromatic carbocycles. The van der Waals surface area contributed by atoms with Crippen LogP contribution in [0.5, 0.6) is 0 Å². The number of aliphatic hydroxyl groups excluding tert-OH is 1. The van der Waals surface area contributed by atoms with E-state index < -0.39 is 35.2 Å². The molecule has 4 N–H and O–H groups in total. The number of nitrogens with one attached hydrogen (secondary N) is 3. The van der Waals surface area contributed by atoms with Gasteiger partial charge in [0.1, 0.15) is 17.6 Å². The number of benzene rings is 1. The molecule has 0 aromatic heterocycles. The fraction of sp³-hybridized carbons (Fsp3) is 0.529. The molecule has 1 atom stereocenters. The quantitative estimate of drug-likeness (QED) is 0.462. The van der Waals surface area contributed by atoms with Crippen LogP contribution < -0.4 is 16.2 Å². The molecule has 7 nitrogen and oxygen atoms in total. The van der Waals surface area contributed by atoms with Gasteiger partial charge in [-0.2, -0.15) is 0 Å². The smallest absolute Gasteiger partial charge is 0.408 e. The van der Waals surface area contributed by atoms with Crippen LogP contribution in [0.4, 0.5) is 9.18 Å². The number of alkyl carbamates (subject to hydrolysis) is 1. The van der Waals surface area contributed by atoms with Crippen molar-refractivity contribution >= 4 is 12.0 Å². The first-order valence-electron chi connectivity index (χ1n) is 7.89. The minimum atomic E-state index is -1.12. The van der Waals surface area contributed by atoms with Gasteiger partial charge in [0.2, 0.25) is 0 Å². The Hall–Kier alpha value is -2.19. The van der Waals surface area contributed by atoms with Crippen molar-refractivity contribution in [3.63, 3.8) is 0 Å². The zero-order valence-corrected chi connectivity index (χ0v) is 15.1. The van der Waals surface area contributed by atoms with Crippen molar-refractivity contribution in [3.8, 4) is 0 Å². The number of rotatable bonds is 6. The molecule has 140 valence electrons. The van der Waals surface area contributed by atoms with Crippen LogP contribution in [0.1, 0.15) is 51.4 Å². The zero-order valence-electron chi connectivity index (χ0n) is 15.1. The third-order valence-corrected chi connectivity index (χ3v) is 3.00. The average Bonchev–Trinajstić information content (AvgIpc) is 2.42. The second-order valence-electron chi connectivity index (χ2n) is 7.34. The van der Waals surface area contributed by atoms with Gasteiger partial charge in [0.25, 0.3) is 5.91 Å². The third kappa shape index (κ3) is 8.46. The highest BCUT2D eigenvalue weighted by Gasteiger charge is 2.27. The lowest BCUT2D eigenvalue weighted by Gasteiger charge is -2.30. The van der Waals surface area contributed by atoms with Gasteiger partial charge in [0.15, 0.2) is 0 Å². The first-order chi connectivity index (χ1) is 11.4. The summed E-state index contributed by atoms with van der Waals surface area (Å²) >= 11 is 0. The van der Waals surface area contributed by atoms with Crippen molar-refractivity contribution in [2.75, 3.05) is 0 Å². The molecule has 0 saturated heterocycles. The minimum absolute atomic E-state index is 0.107. The normalized spacial score (nSPS) is 13.1. The van der Waals surface area contributed by atoms with Gasteiger partial charge in [-0.05, 0) is 58.9 Å². The van der Waals surface area contributed by atoms with Crippen LogP contribution in [-0.2, 0) is 4.74 Å². The van der Waals surface area contributed by atoms with Gasteiger partial charge in [-0.15, -0.1) is 0 Å². The molecule has 2 amide bonds. The van der Waals surface area contributed by atoms with Crippen molar-refractivity contribution in [2.24, 2.45) is 0 Å². The summed E-state index contributed by atoms with van der Waals surface area (Å²) in [6.45, 7) is 8.68. The van der Waals surface area contributed by atoms with E-state index in [9.17, 15) is 19.1 Å². The lowest BCUT2D eigenvalue weighted by Crippen LogP contribution is -2.52. The first-order valence-corrected chi connectivity index (χ1v) is 7.89. The van der Waals surface area contributed by atoms with Gasteiger partial charge in [0.05, 0.1) is 0 Å². The Bertz CT molecular complexity index is 597. The first kappa shape index (κ1) is 20.9. The van der Waals surface area contributed by atoms with Gasteiger partial charge in [0, 0.05) is 17.5 Å². The molecule has 1 aromatic rings. The number of hydrazine groups is 1. The maximum Gasteiger partial charge on any atom is 0.408 e. The van der Waals surface area contributed by atoms with E-state index in [0.29, 0.717) is 0 Å². The molecule has 0 heterocycles. The van der Waals surface area contributed by atoms with Crippen LogP contribution in [0.3, 0.4) is 0 Å². The minimum Gasteiger partial charge on any atom is -0.444 e. The van der Waals surface area contributed by atoms with Gasteiger partial charge in [-0.1, -0.05) is 0 Å². The Kier molecular flexibility index (Phi) is 6.89. The molecule has 0 bridgehead atoms. The molecule has 0 fully saturated rings. The van der Waals surface area contributed by atoms with Crippen LogP contribution in [-0.4, -0.2) is 34.5 Å².